The molecule has 154 valence electrons. The minimum absolute atomic E-state index is 0.558. The van der Waals surface area contributed by atoms with Gasteiger partial charge in [-0.15, -0.1) is 0 Å². The molecule has 0 aliphatic carbocycles. The van der Waals surface area contributed by atoms with E-state index >= 15 is 0 Å². The van der Waals surface area contributed by atoms with Gasteiger partial charge in [-0.1, -0.05) is 54.6 Å². The normalized spacial score (nSPS) is 14.9. The van der Waals surface area contributed by atoms with Gasteiger partial charge in [-0.2, -0.15) is 0 Å². The van der Waals surface area contributed by atoms with Gasteiger partial charge in [0.2, 0.25) is 0 Å². The van der Waals surface area contributed by atoms with Crippen molar-refractivity contribution >= 4 is 11.9 Å². The lowest BCUT2D eigenvalue weighted by molar-refractivity contribution is -0.134. The standard InChI is InChI=1S/C18H23N3.C4H4O4/c19-21-12-10-20(11-13-21)15-18-9-5-4-8-17(18)14-16-6-2-1-3-7-16;5-3(6)1-2-4(7)8/h1-9H,10-15,19H2;1-2H,(H,5,6)(H,7,8)/b;2-1-. The second-order valence-corrected chi connectivity index (χ2v) is 6.75. The average Bonchev–Trinajstić information content (AvgIpc) is 2.71. The van der Waals surface area contributed by atoms with Gasteiger partial charge in [-0.3, -0.25) is 10.7 Å². The second kappa shape index (κ2) is 11.8. The summed E-state index contributed by atoms with van der Waals surface area (Å²) < 4.78 is 0. The number of rotatable bonds is 6. The van der Waals surface area contributed by atoms with E-state index in [1.54, 1.807) is 0 Å². The first kappa shape index (κ1) is 22.3. The van der Waals surface area contributed by atoms with Crippen molar-refractivity contribution in [2.24, 2.45) is 5.84 Å². The minimum atomic E-state index is -1.26. The van der Waals surface area contributed by atoms with Gasteiger partial charge in [-0.05, 0) is 23.1 Å². The molecule has 7 heteroatoms. The summed E-state index contributed by atoms with van der Waals surface area (Å²) in [4.78, 5) is 21.6. The first-order valence-corrected chi connectivity index (χ1v) is 9.40. The van der Waals surface area contributed by atoms with Crippen LogP contribution in [0.1, 0.15) is 16.7 Å². The monoisotopic (exact) mass is 397 g/mol. The minimum Gasteiger partial charge on any atom is -0.478 e. The van der Waals surface area contributed by atoms with Crippen molar-refractivity contribution in [2.45, 2.75) is 13.0 Å². The molecule has 1 aliphatic rings. The van der Waals surface area contributed by atoms with E-state index < -0.39 is 11.9 Å². The number of piperazine rings is 1. The molecule has 0 radical (unpaired) electrons. The molecule has 7 nitrogen and oxygen atoms in total. The fraction of sp³-hybridized carbons (Fsp3) is 0.273. The maximum atomic E-state index is 9.55. The van der Waals surface area contributed by atoms with E-state index in [0.717, 1.165) is 39.1 Å². The van der Waals surface area contributed by atoms with Gasteiger partial charge in [0.05, 0.1) is 0 Å². The van der Waals surface area contributed by atoms with E-state index in [9.17, 15) is 9.59 Å². The molecule has 0 atom stereocenters. The summed E-state index contributed by atoms with van der Waals surface area (Å²) in [6, 6.07) is 19.5. The first-order chi connectivity index (χ1) is 13.9. The number of nitrogens with zero attached hydrogens (tertiary/aromatic N) is 2. The van der Waals surface area contributed by atoms with Gasteiger partial charge < -0.3 is 10.2 Å². The van der Waals surface area contributed by atoms with Gasteiger partial charge in [0.25, 0.3) is 0 Å². The van der Waals surface area contributed by atoms with Crippen LogP contribution < -0.4 is 5.84 Å². The number of benzene rings is 2. The SMILES string of the molecule is NN1CCN(Cc2ccccc2Cc2ccccc2)CC1.O=C(O)/C=C\C(=O)O. The lowest BCUT2D eigenvalue weighted by Crippen LogP contribution is -2.48. The molecule has 1 saturated heterocycles. The number of hydrazine groups is 1. The highest BCUT2D eigenvalue weighted by Crippen LogP contribution is 2.17. The van der Waals surface area contributed by atoms with E-state index in [4.69, 9.17) is 16.1 Å². The third-order valence-corrected chi connectivity index (χ3v) is 4.53. The second-order valence-electron chi connectivity index (χ2n) is 6.75. The third-order valence-electron chi connectivity index (χ3n) is 4.53. The van der Waals surface area contributed by atoms with E-state index in [1.807, 2.05) is 5.01 Å². The quantitative estimate of drug-likeness (QED) is 0.505. The number of carbonyl (C=O) groups is 2. The summed E-state index contributed by atoms with van der Waals surface area (Å²) in [5.74, 6) is 3.32. The molecule has 1 heterocycles. The molecule has 29 heavy (non-hydrogen) atoms. The van der Waals surface area contributed by atoms with Crippen LogP contribution in [0.4, 0.5) is 0 Å². The molecule has 0 unspecified atom stereocenters. The molecule has 0 bridgehead atoms. The Hall–Kier alpha value is -3.00. The zero-order chi connectivity index (χ0) is 21.1. The Bertz CT molecular complexity index is 800. The number of hydrogen-bond donors (Lipinski definition) is 3. The van der Waals surface area contributed by atoms with Crippen molar-refractivity contribution in [3.63, 3.8) is 0 Å². The Morgan fingerprint density at radius 2 is 1.34 bits per heavy atom. The molecule has 1 aliphatic heterocycles. The highest BCUT2D eigenvalue weighted by Gasteiger charge is 2.15. The largest absolute Gasteiger partial charge is 0.478 e. The topological polar surface area (TPSA) is 107 Å². The Morgan fingerprint density at radius 3 is 1.90 bits per heavy atom. The summed E-state index contributed by atoms with van der Waals surface area (Å²) in [5.41, 5.74) is 4.24. The summed E-state index contributed by atoms with van der Waals surface area (Å²) >= 11 is 0. The highest BCUT2D eigenvalue weighted by molar-refractivity contribution is 5.89. The van der Waals surface area contributed by atoms with Crippen molar-refractivity contribution in [3.05, 3.63) is 83.4 Å². The Morgan fingerprint density at radius 1 is 0.828 bits per heavy atom. The zero-order valence-corrected chi connectivity index (χ0v) is 16.3. The molecule has 4 N–H and O–H groups in total. The van der Waals surface area contributed by atoms with Crippen molar-refractivity contribution in [3.8, 4) is 0 Å². The van der Waals surface area contributed by atoms with Crippen LogP contribution in [0.3, 0.4) is 0 Å². The van der Waals surface area contributed by atoms with Crippen molar-refractivity contribution in [1.29, 1.82) is 0 Å². The number of aliphatic carboxylic acids is 2. The lowest BCUT2D eigenvalue weighted by atomic mass is 9.99. The molecule has 1 fully saturated rings. The van der Waals surface area contributed by atoms with E-state index in [0.29, 0.717) is 12.2 Å². The Labute approximate surface area is 170 Å². The molecule has 0 spiro atoms. The molecule has 0 amide bonds. The van der Waals surface area contributed by atoms with E-state index in [-0.39, 0.29) is 0 Å². The van der Waals surface area contributed by atoms with Gasteiger partial charge in [0.15, 0.2) is 0 Å². The molecule has 2 aromatic carbocycles. The summed E-state index contributed by atoms with van der Waals surface area (Å²) in [7, 11) is 0. The fourth-order valence-electron chi connectivity index (χ4n) is 3.00. The third kappa shape index (κ3) is 8.69. The first-order valence-electron chi connectivity index (χ1n) is 9.40. The average molecular weight is 397 g/mol. The van der Waals surface area contributed by atoms with Gasteiger partial charge in [-0.25, -0.2) is 14.6 Å². The van der Waals surface area contributed by atoms with Crippen molar-refractivity contribution < 1.29 is 19.8 Å². The number of hydrogen-bond acceptors (Lipinski definition) is 5. The smallest absolute Gasteiger partial charge is 0.328 e. The zero-order valence-electron chi connectivity index (χ0n) is 16.3. The molecule has 0 aromatic heterocycles. The molecule has 3 rings (SSSR count). The predicted octanol–water partition coefficient (Wildman–Crippen LogP) is 1.98. The molecular formula is C22H27N3O4. The molecule has 0 saturated carbocycles. The maximum absolute atomic E-state index is 9.55. The van der Waals surface area contributed by atoms with Crippen LogP contribution in [0.15, 0.2) is 66.7 Å². The van der Waals surface area contributed by atoms with Crippen LogP contribution in [0.25, 0.3) is 0 Å². The van der Waals surface area contributed by atoms with Crippen LogP contribution in [-0.2, 0) is 22.6 Å². The van der Waals surface area contributed by atoms with Crippen LogP contribution in [0.2, 0.25) is 0 Å². The van der Waals surface area contributed by atoms with Gasteiger partial charge >= 0.3 is 11.9 Å². The van der Waals surface area contributed by atoms with Crippen LogP contribution in [0.5, 0.6) is 0 Å². The summed E-state index contributed by atoms with van der Waals surface area (Å²) in [6.07, 6.45) is 2.12. The fourth-order valence-corrected chi connectivity index (χ4v) is 3.00. The number of nitrogens with two attached hydrogens (primary N) is 1. The predicted molar refractivity (Wildman–Crippen MR) is 111 cm³/mol. The van der Waals surface area contributed by atoms with Crippen LogP contribution in [0, 0.1) is 0 Å². The Kier molecular flexibility index (Phi) is 9.04. The lowest BCUT2D eigenvalue weighted by Gasteiger charge is -2.32. The summed E-state index contributed by atoms with van der Waals surface area (Å²) in [5, 5.41) is 17.5. The van der Waals surface area contributed by atoms with Crippen molar-refractivity contribution in [2.75, 3.05) is 26.2 Å². The van der Waals surface area contributed by atoms with E-state index in [1.165, 1.54) is 16.7 Å². The number of carboxylic acid groups (broad SMARTS) is 2. The Balaban J connectivity index is 0.000000321. The van der Waals surface area contributed by atoms with E-state index in [2.05, 4.69) is 59.5 Å². The van der Waals surface area contributed by atoms with Crippen LogP contribution >= 0.6 is 0 Å². The van der Waals surface area contributed by atoms with Gasteiger partial charge in [0, 0.05) is 44.9 Å². The molecule has 2 aromatic rings. The molecular weight excluding hydrogens is 370 g/mol. The summed E-state index contributed by atoms with van der Waals surface area (Å²) in [6.45, 7) is 5.05. The highest BCUT2D eigenvalue weighted by atomic mass is 16.4. The van der Waals surface area contributed by atoms with Gasteiger partial charge in [0.1, 0.15) is 0 Å². The maximum Gasteiger partial charge on any atom is 0.328 e. The number of carboxylic acids is 2. The van der Waals surface area contributed by atoms with Crippen LogP contribution in [-0.4, -0.2) is 58.2 Å². The van der Waals surface area contributed by atoms with Crippen molar-refractivity contribution in [1.82, 2.24) is 9.91 Å².